The van der Waals surface area contributed by atoms with Gasteiger partial charge in [-0.3, -0.25) is 0 Å². The summed E-state index contributed by atoms with van der Waals surface area (Å²) >= 11 is 0. The number of aryl methyl sites for hydroxylation is 1. The van der Waals surface area contributed by atoms with Gasteiger partial charge in [0.25, 0.3) is 0 Å². The number of piperidine rings is 1. The Morgan fingerprint density at radius 2 is 1.87 bits per heavy atom. The molecule has 0 aromatic heterocycles. The molecule has 1 heterocycles. The van der Waals surface area contributed by atoms with Crippen LogP contribution in [-0.4, -0.2) is 13.1 Å². The van der Waals surface area contributed by atoms with Gasteiger partial charge in [0, 0.05) is 0 Å². The summed E-state index contributed by atoms with van der Waals surface area (Å²) in [5.74, 6) is 0.490. The molecule has 0 atom stereocenters. The molecule has 1 aliphatic rings. The first-order valence-electron chi connectivity index (χ1n) is 5.66. The molecule has 1 aromatic rings. The fraction of sp³-hybridized carbons (Fsp3) is 0.538. The summed E-state index contributed by atoms with van der Waals surface area (Å²) in [5, 5.41) is 3.34. The zero-order valence-electron chi connectivity index (χ0n) is 9.44. The summed E-state index contributed by atoms with van der Waals surface area (Å²) in [6, 6.07) is 3.77. The lowest BCUT2D eigenvalue weighted by Crippen LogP contribution is -2.27. The van der Waals surface area contributed by atoms with Crippen LogP contribution in [0.3, 0.4) is 0 Å². The van der Waals surface area contributed by atoms with Crippen molar-refractivity contribution in [2.75, 3.05) is 13.1 Å². The molecule has 0 amide bonds. The Bertz CT molecular complexity index is 354. The Balaban J connectivity index is 2.33. The van der Waals surface area contributed by atoms with Gasteiger partial charge < -0.3 is 5.32 Å². The minimum atomic E-state index is -0.0523. The third kappa shape index (κ3) is 2.20. The normalized spacial score (nSPS) is 18.1. The van der Waals surface area contributed by atoms with E-state index in [-0.39, 0.29) is 5.82 Å². The van der Waals surface area contributed by atoms with Gasteiger partial charge >= 0.3 is 0 Å². The topological polar surface area (TPSA) is 12.0 Å². The second-order valence-corrected chi connectivity index (χ2v) is 4.49. The number of benzene rings is 1. The Morgan fingerprint density at radius 3 is 2.53 bits per heavy atom. The maximum absolute atomic E-state index is 13.6. The number of hydrogen-bond acceptors (Lipinski definition) is 1. The molecule has 1 aromatic carbocycles. The molecular weight excluding hydrogens is 189 g/mol. The van der Waals surface area contributed by atoms with Crippen LogP contribution in [0.25, 0.3) is 0 Å². The standard InChI is InChI=1S/C13H18FN/c1-9-7-12(10(2)13(14)8-9)11-3-5-15-6-4-11/h7-8,11,15H,3-6H2,1-2H3. The molecule has 0 radical (unpaired) electrons. The summed E-state index contributed by atoms with van der Waals surface area (Å²) in [6.45, 7) is 5.97. The average molecular weight is 207 g/mol. The lowest BCUT2D eigenvalue weighted by atomic mass is 9.86. The molecular formula is C13H18FN. The molecule has 82 valence electrons. The molecule has 2 rings (SSSR count). The van der Waals surface area contributed by atoms with Crippen molar-refractivity contribution < 1.29 is 4.39 Å². The highest BCUT2D eigenvalue weighted by atomic mass is 19.1. The molecule has 1 aliphatic heterocycles. The van der Waals surface area contributed by atoms with E-state index in [2.05, 4.69) is 11.4 Å². The molecule has 0 saturated carbocycles. The van der Waals surface area contributed by atoms with Gasteiger partial charge in [0.2, 0.25) is 0 Å². The SMILES string of the molecule is Cc1cc(F)c(C)c(C2CCNCC2)c1. The van der Waals surface area contributed by atoms with Gasteiger partial charge in [-0.2, -0.15) is 0 Å². The van der Waals surface area contributed by atoms with Gasteiger partial charge in [0.15, 0.2) is 0 Å². The number of rotatable bonds is 1. The van der Waals surface area contributed by atoms with E-state index in [1.165, 1.54) is 5.56 Å². The number of hydrogen-bond donors (Lipinski definition) is 1. The molecule has 0 spiro atoms. The first-order chi connectivity index (χ1) is 7.18. The first-order valence-corrected chi connectivity index (χ1v) is 5.66. The fourth-order valence-electron chi connectivity index (χ4n) is 2.40. The van der Waals surface area contributed by atoms with Crippen LogP contribution < -0.4 is 5.32 Å². The molecule has 15 heavy (non-hydrogen) atoms. The fourth-order valence-corrected chi connectivity index (χ4v) is 2.40. The van der Waals surface area contributed by atoms with Gasteiger partial charge in [0.1, 0.15) is 5.82 Å². The van der Waals surface area contributed by atoms with Crippen LogP contribution in [0.15, 0.2) is 12.1 Å². The lowest BCUT2D eigenvalue weighted by Gasteiger charge is -2.25. The van der Waals surface area contributed by atoms with Crippen molar-refractivity contribution in [1.82, 2.24) is 5.32 Å². The quantitative estimate of drug-likeness (QED) is 0.746. The van der Waals surface area contributed by atoms with Crippen LogP contribution in [0.2, 0.25) is 0 Å². The molecule has 1 nitrogen and oxygen atoms in total. The van der Waals surface area contributed by atoms with Crippen molar-refractivity contribution in [3.05, 3.63) is 34.6 Å². The van der Waals surface area contributed by atoms with Gasteiger partial charge in [-0.05, 0) is 68.5 Å². The number of nitrogens with one attached hydrogen (secondary N) is 1. The van der Waals surface area contributed by atoms with Gasteiger partial charge in [-0.25, -0.2) is 4.39 Å². The van der Waals surface area contributed by atoms with E-state index in [1.54, 1.807) is 6.07 Å². The molecule has 0 aliphatic carbocycles. The van der Waals surface area contributed by atoms with Gasteiger partial charge in [0.05, 0.1) is 0 Å². The van der Waals surface area contributed by atoms with E-state index in [0.29, 0.717) is 5.92 Å². The molecule has 2 heteroatoms. The van der Waals surface area contributed by atoms with Crippen molar-refractivity contribution >= 4 is 0 Å². The average Bonchev–Trinajstić information content (AvgIpc) is 2.24. The van der Waals surface area contributed by atoms with E-state index < -0.39 is 0 Å². The van der Waals surface area contributed by atoms with Crippen LogP contribution in [0.1, 0.15) is 35.4 Å². The van der Waals surface area contributed by atoms with Crippen molar-refractivity contribution in [3.8, 4) is 0 Å². The van der Waals surface area contributed by atoms with E-state index in [9.17, 15) is 4.39 Å². The Kier molecular flexibility index (Phi) is 3.06. The summed E-state index contributed by atoms with van der Waals surface area (Å²) in [6.07, 6.45) is 2.26. The second kappa shape index (κ2) is 4.31. The van der Waals surface area contributed by atoms with Crippen LogP contribution in [0.5, 0.6) is 0 Å². The van der Waals surface area contributed by atoms with Crippen LogP contribution in [0.4, 0.5) is 4.39 Å². The maximum Gasteiger partial charge on any atom is 0.126 e. The molecule has 1 saturated heterocycles. The summed E-state index contributed by atoms with van der Waals surface area (Å²) in [7, 11) is 0. The van der Waals surface area contributed by atoms with Crippen LogP contribution >= 0.6 is 0 Å². The van der Waals surface area contributed by atoms with Crippen LogP contribution in [0, 0.1) is 19.7 Å². The molecule has 0 unspecified atom stereocenters. The van der Waals surface area contributed by atoms with E-state index in [4.69, 9.17) is 0 Å². The molecule has 1 N–H and O–H groups in total. The Morgan fingerprint density at radius 1 is 1.20 bits per heavy atom. The first kappa shape index (κ1) is 10.6. The maximum atomic E-state index is 13.6. The highest BCUT2D eigenvalue weighted by molar-refractivity contribution is 5.34. The zero-order chi connectivity index (χ0) is 10.8. The van der Waals surface area contributed by atoms with Crippen molar-refractivity contribution in [3.63, 3.8) is 0 Å². The highest BCUT2D eigenvalue weighted by Crippen LogP contribution is 2.29. The summed E-state index contributed by atoms with van der Waals surface area (Å²) in [4.78, 5) is 0. The summed E-state index contributed by atoms with van der Waals surface area (Å²) < 4.78 is 13.6. The predicted octanol–water partition coefficient (Wildman–Crippen LogP) is 2.91. The monoisotopic (exact) mass is 207 g/mol. The van der Waals surface area contributed by atoms with Gasteiger partial charge in [-0.15, -0.1) is 0 Å². The van der Waals surface area contributed by atoms with E-state index in [1.807, 2.05) is 13.8 Å². The van der Waals surface area contributed by atoms with Crippen LogP contribution in [-0.2, 0) is 0 Å². The lowest BCUT2D eigenvalue weighted by molar-refractivity contribution is 0.456. The third-order valence-corrected chi connectivity index (χ3v) is 3.31. The molecule has 1 fully saturated rings. The van der Waals surface area contributed by atoms with Crippen molar-refractivity contribution in [2.45, 2.75) is 32.6 Å². The minimum Gasteiger partial charge on any atom is -0.317 e. The highest BCUT2D eigenvalue weighted by Gasteiger charge is 2.18. The van der Waals surface area contributed by atoms with E-state index >= 15 is 0 Å². The smallest absolute Gasteiger partial charge is 0.126 e. The van der Waals surface area contributed by atoms with Crippen molar-refractivity contribution in [1.29, 1.82) is 0 Å². The largest absolute Gasteiger partial charge is 0.317 e. The summed E-state index contributed by atoms with van der Waals surface area (Å²) in [5.41, 5.74) is 3.09. The second-order valence-electron chi connectivity index (χ2n) is 4.49. The Labute approximate surface area is 90.7 Å². The van der Waals surface area contributed by atoms with E-state index in [0.717, 1.165) is 37.1 Å². The van der Waals surface area contributed by atoms with Crippen molar-refractivity contribution in [2.24, 2.45) is 0 Å². The number of halogens is 1. The minimum absolute atomic E-state index is 0.0523. The van der Waals surface area contributed by atoms with Gasteiger partial charge in [-0.1, -0.05) is 6.07 Å². The predicted molar refractivity (Wildman–Crippen MR) is 60.7 cm³/mol. The third-order valence-electron chi connectivity index (χ3n) is 3.31. The zero-order valence-corrected chi connectivity index (χ0v) is 9.44. The Hall–Kier alpha value is -0.890. The molecule has 0 bridgehead atoms.